The van der Waals surface area contributed by atoms with Gasteiger partial charge in [-0.05, 0) is 0 Å². The average molecular weight is 290 g/mol. The zero-order chi connectivity index (χ0) is 8.12. The monoisotopic (exact) mass is 291 g/mol. The molecule has 7 heteroatoms. The molecule has 1 radical (unpaired) electrons. The van der Waals surface area contributed by atoms with Crippen molar-refractivity contribution in [2.75, 3.05) is 0 Å². The third kappa shape index (κ3) is 12500000. The largest absolute Gasteiger partial charge is 0.483 e. The van der Waals surface area contributed by atoms with Gasteiger partial charge in [-0.2, -0.15) is 0 Å². The fourth-order valence-electron chi connectivity index (χ4n) is 0. The van der Waals surface area contributed by atoms with Gasteiger partial charge in [0.1, 0.15) is 0 Å². The number of hydrogen-bond acceptors (Lipinski definition) is 3. The van der Waals surface area contributed by atoms with Crippen LogP contribution >= 0.6 is 0 Å². The van der Waals surface area contributed by atoms with Gasteiger partial charge in [-0.15, -0.1) is 0 Å². The van der Waals surface area contributed by atoms with E-state index in [1.807, 2.05) is 0 Å². The van der Waals surface area contributed by atoms with Crippen LogP contribution in [0.3, 0.4) is 0 Å². The second-order valence-corrected chi connectivity index (χ2v) is 0.316. The van der Waals surface area contributed by atoms with Crippen molar-refractivity contribution < 1.29 is 79.1 Å². The van der Waals surface area contributed by atoms with Crippen LogP contribution in [0, 0.1) is 49.4 Å². The first kappa shape index (κ1) is 22.5. The summed E-state index contributed by atoms with van der Waals surface area (Å²) < 4.78 is 0. The summed E-state index contributed by atoms with van der Waals surface area (Å²) in [7, 11) is 0. The summed E-state index contributed by atoms with van der Waals surface area (Å²) in [6, 6.07) is 0. The van der Waals surface area contributed by atoms with Gasteiger partial charge in [0.25, 0.3) is 19.4 Å². The van der Waals surface area contributed by atoms with E-state index in [9.17, 15) is 0 Å². The molecule has 0 aliphatic heterocycles. The topological polar surface area (TPSA) is 112 Å². The maximum absolute atomic E-state index is 8.36. The quantitative estimate of drug-likeness (QED) is 0.499. The van der Waals surface area contributed by atoms with Gasteiger partial charge in [0.15, 0.2) is 0 Å². The molecule has 0 fully saturated rings. The maximum atomic E-state index is 8.36. The molecule has 0 aliphatic carbocycles. The zero-order valence-electron chi connectivity index (χ0n) is 4.68. The zero-order valence-corrected chi connectivity index (χ0v) is 7.10. The fraction of sp³-hybridized carbons (Fsp3) is 0. The SMILES string of the molecule is O=CO.O=CO.O=CO.[Eu]. The molecule has 0 saturated heterocycles. The minimum Gasteiger partial charge on any atom is -0.483 e. The van der Waals surface area contributed by atoms with Gasteiger partial charge in [0.2, 0.25) is 0 Å². The Labute approximate surface area is 97.4 Å². The van der Waals surface area contributed by atoms with Crippen LogP contribution in [0.1, 0.15) is 0 Å². The molecule has 0 saturated carbocycles. The summed E-state index contributed by atoms with van der Waals surface area (Å²) >= 11 is 0. The minimum absolute atomic E-state index is 0. The first-order valence-corrected chi connectivity index (χ1v) is 1.48. The van der Waals surface area contributed by atoms with Crippen molar-refractivity contribution in [1.82, 2.24) is 0 Å². The van der Waals surface area contributed by atoms with E-state index in [2.05, 4.69) is 0 Å². The van der Waals surface area contributed by atoms with E-state index in [-0.39, 0.29) is 68.8 Å². The van der Waals surface area contributed by atoms with E-state index in [1.54, 1.807) is 0 Å². The van der Waals surface area contributed by atoms with Crippen LogP contribution in [0.4, 0.5) is 0 Å². The van der Waals surface area contributed by atoms with Gasteiger partial charge in [-0.3, -0.25) is 14.4 Å². The van der Waals surface area contributed by atoms with Gasteiger partial charge in [-0.1, -0.05) is 0 Å². The summed E-state index contributed by atoms with van der Waals surface area (Å²) in [5, 5.41) is 20.7. The summed E-state index contributed by atoms with van der Waals surface area (Å²) in [6.07, 6.45) is 0. The van der Waals surface area contributed by atoms with E-state index in [4.69, 9.17) is 29.7 Å². The van der Waals surface area contributed by atoms with Crippen LogP contribution in [-0.4, -0.2) is 34.7 Å². The molecule has 0 amide bonds. The molecule has 0 aromatic heterocycles. The second-order valence-electron chi connectivity index (χ2n) is 0.316. The van der Waals surface area contributed by atoms with Crippen LogP contribution in [0.5, 0.6) is 0 Å². The van der Waals surface area contributed by atoms with Crippen LogP contribution in [0.25, 0.3) is 0 Å². The summed E-state index contributed by atoms with van der Waals surface area (Å²) in [6.45, 7) is -0.750. The van der Waals surface area contributed by atoms with Crippen LogP contribution in [0.2, 0.25) is 0 Å². The van der Waals surface area contributed by atoms with E-state index in [0.717, 1.165) is 0 Å². The van der Waals surface area contributed by atoms with Crippen molar-refractivity contribution in [2.24, 2.45) is 0 Å². The van der Waals surface area contributed by atoms with Crippen LogP contribution in [-0.2, 0) is 14.4 Å². The minimum atomic E-state index is -0.250. The standard InChI is InChI=1S/3CH2O2.Eu/c3*2-1-3;/h3*1H,(H,2,3);. The molecule has 0 heterocycles. The second kappa shape index (κ2) is 64.1. The van der Waals surface area contributed by atoms with Crippen LogP contribution < -0.4 is 0 Å². The Morgan fingerprint density at radius 3 is 0.700 bits per heavy atom. The Bertz CT molecular complexity index is 49.7. The molecule has 0 aromatic carbocycles. The Balaban J connectivity index is -0.0000000257. The molecule has 10 heavy (non-hydrogen) atoms. The van der Waals surface area contributed by atoms with Gasteiger partial charge in [0, 0.05) is 49.4 Å². The number of carbonyl (C=O) groups is 3. The number of hydrogen-bond donors (Lipinski definition) is 3. The Morgan fingerprint density at radius 1 is 0.700 bits per heavy atom. The third-order valence-corrected chi connectivity index (χ3v) is 0. The van der Waals surface area contributed by atoms with Crippen molar-refractivity contribution in [2.45, 2.75) is 0 Å². The molecule has 0 aliphatic rings. The molecule has 3 N–H and O–H groups in total. The summed E-state index contributed by atoms with van der Waals surface area (Å²) in [4.78, 5) is 25.1. The molecular weight excluding hydrogens is 284 g/mol. The van der Waals surface area contributed by atoms with E-state index in [1.165, 1.54) is 0 Å². The van der Waals surface area contributed by atoms with Gasteiger partial charge in [-0.25, -0.2) is 0 Å². The fourth-order valence-corrected chi connectivity index (χ4v) is 0. The van der Waals surface area contributed by atoms with Crippen molar-refractivity contribution in [3.8, 4) is 0 Å². The van der Waals surface area contributed by atoms with Crippen molar-refractivity contribution in [1.29, 1.82) is 0 Å². The molecule has 0 unspecified atom stereocenters. The normalized spacial score (nSPS) is 3.60. The molecule has 0 bridgehead atoms. The Morgan fingerprint density at radius 2 is 0.700 bits per heavy atom. The molecule has 0 rings (SSSR count). The average Bonchev–Trinajstić information content (AvgIpc) is 1.70. The molecule has 6 nitrogen and oxygen atoms in total. The van der Waals surface area contributed by atoms with Crippen molar-refractivity contribution >= 4 is 19.4 Å². The Hall–Kier alpha value is -0.00558. The molecule has 0 atom stereocenters. The van der Waals surface area contributed by atoms with Crippen molar-refractivity contribution in [3.63, 3.8) is 0 Å². The van der Waals surface area contributed by atoms with E-state index < -0.39 is 0 Å². The van der Waals surface area contributed by atoms with Crippen molar-refractivity contribution in [3.05, 3.63) is 0 Å². The molecular formula is C3H6EuO6. The molecule has 0 aromatic rings. The predicted molar refractivity (Wildman–Crippen MR) is 26.1 cm³/mol. The van der Waals surface area contributed by atoms with Gasteiger partial charge >= 0.3 is 0 Å². The third-order valence-electron chi connectivity index (χ3n) is 0. The Kier molecular flexibility index (Phi) is 144. The maximum Gasteiger partial charge on any atom is 0.290 e. The van der Waals surface area contributed by atoms with Gasteiger partial charge < -0.3 is 15.3 Å². The van der Waals surface area contributed by atoms with E-state index in [0.29, 0.717) is 0 Å². The number of carboxylic acid groups (broad SMARTS) is 3. The van der Waals surface area contributed by atoms with E-state index >= 15 is 0 Å². The number of rotatable bonds is 0. The molecule has 0 spiro atoms. The predicted octanol–water partition coefficient (Wildman–Crippen LogP) is -0.898. The first-order chi connectivity index (χ1) is 4.24. The molecule has 61 valence electrons. The summed E-state index contributed by atoms with van der Waals surface area (Å²) in [5.41, 5.74) is 0. The summed E-state index contributed by atoms with van der Waals surface area (Å²) in [5.74, 6) is 0. The van der Waals surface area contributed by atoms with Gasteiger partial charge in [0.05, 0.1) is 0 Å². The smallest absolute Gasteiger partial charge is 0.290 e. The van der Waals surface area contributed by atoms with Crippen LogP contribution in [0.15, 0.2) is 0 Å². The first-order valence-electron chi connectivity index (χ1n) is 1.48.